The highest BCUT2D eigenvalue weighted by atomic mass is 19.1. The smallest absolute Gasteiger partial charge is 0.244 e. The Morgan fingerprint density at radius 3 is 2.75 bits per heavy atom. The van der Waals surface area contributed by atoms with E-state index in [-0.39, 0.29) is 37.3 Å². The van der Waals surface area contributed by atoms with Crippen LogP contribution in [0.2, 0.25) is 0 Å². The molecule has 2 aromatic carbocycles. The number of carbonyl (C=O) groups is 2. The fourth-order valence-electron chi connectivity index (χ4n) is 5.12. The van der Waals surface area contributed by atoms with Crippen molar-refractivity contribution < 1.29 is 23.8 Å². The lowest BCUT2D eigenvalue weighted by Gasteiger charge is -2.31. The molecule has 0 unspecified atom stereocenters. The van der Waals surface area contributed by atoms with E-state index in [2.05, 4.69) is 22.5 Å². The molecule has 3 atom stereocenters. The molecule has 8 heteroatoms. The topological polar surface area (TPSA) is 90.9 Å². The number of hydrogen-bond donors (Lipinski definition) is 3. The number of fused-ring (bicyclic) bond motifs is 2. The van der Waals surface area contributed by atoms with Crippen LogP contribution in [0.15, 0.2) is 42.5 Å². The maximum absolute atomic E-state index is 14.5. The summed E-state index contributed by atoms with van der Waals surface area (Å²) in [5.41, 5.74) is 2.08. The molecule has 2 aromatic rings. The van der Waals surface area contributed by atoms with Crippen LogP contribution in [0.1, 0.15) is 55.2 Å². The van der Waals surface area contributed by atoms with E-state index in [1.165, 1.54) is 17.0 Å². The molecule has 40 heavy (non-hydrogen) atoms. The quantitative estimate of drug-likeness (QED) is 0.486. The lowest BCUT2D eigenvalue weighted by molar-refractivity contribution is -0.139. The highest BCUT2D eigenvalue weighted by Gasteiger charge is 2.44. The minimum atomic E-state index is -1.03. The summed E-state index contributed by atoms with van der Waals surface area (Å²) in [7, 11) is 1.56. The third-order valence-electron chi connectivity index (χ3n) is 7.69. The number of halogens is 1. The molecule has 0 spiro atoms. The number of aliphatic hydroxyl groups excluding tert-OH is 1. The number of hydrogen-bond acceptors (Lipinski definition) is 5. The molecular formula is C32H36FN3O4. The van der Waals surface area contributed by atoms with Crippen molar-refractivity contribution >= 4 is 11.8 Å². The van der Waals surface area contributed by atoms with Crippen molar-refractivity contribution in [3.63, 3.8) is 0 Å². The average molecular weight is 546 g/mol. The molecule has 0 saturated heterocycles. The van der Waals surface area contributed by atoms with Crippen LogP contribution in [0.4, 0.5) is 4.39 Å². The van der Waals surface area contributed by atoms with Crippen LogP contribution >= 0.6 is 0 Å². The minimum Gasteiger partial charge on any atom is -0.493 e. The molecule has 210 valence electrons. The first-order valence-electron chi connectivity index (χ1n) is 13.7. The van der Waals surface area contributed by atoms with Crippen LogP contribution in [0, 0.1) is 30.5 Å². The van der Waals surface area contributed by atoms with Gasteiger partial charge in [-0.05, 0) is 67.5 Å². The molecule has 0 radical (unpaired) electrons. The fraction of sp³-hybridized carbons (Fsp3) is 0.438. The summed E-state index contributed by atoms with van der Waals surface area (Å²) in [5, 5.41) is 17.7. The van der Waals surface area contributed by atoms with E-state index in [1.807, 2.05) is 24.3 Å². The summed E-state index contributed by atoms with van der Waals surface area (Å²) in [4.78, 5) is 27.6. The molecule has 2 bridgehead atoms. The summed E-state index contributed by atoms with van der Waals surface area (Å²) in [6, 6.07) is 10.4. The summed E-state index contributed by atoms with van der Waals surface area (Å²) < 4.78 is 20.2. The van der Waals surface area contributed by atoms with Gasteiger partial charge >= 0.3 is 0 Å². The molecule has 1 fully saturated rings. The van der Waals surface area contributed by atoms with Crippen molar-refractivity contribution in [2.75, 3.05) is 20.2 Å². The zero-order valence-corrected chi connectivity index (χ0v) is 22.8. The van der Waals surface area contributed by atoms with Crippen LogP contribution in [0.25, 0.3) is 0 Å². The van der Waals surface area contributed by atoms with Crippen LogP contribution in [-0.4, -0.2) is 60.2 Å². The fourth-order valence-corrected chi connectivity index (χ4v) is 5.12. The van der Waals surface area contributed by atoms with Gasteiger partial charge in [-0.2, -0.15) is 0 Å². The lowest BCUT2D eigenvalue weighted by atomic mass is 9.98. The number of amides is 2. The zero-order chi connectivity index (χ0) is 28.7. The second kappa shape index (κ2) is 13.0. The maximum atomic E-state index is 14.5. The van der Waals surface area contributed by atoms with E-state index in [4.69, 9.17) is 17.6 Å². The Bertz CT molecular complexity index is 1310. The molecule has 1 aliphatic heterocycles. The molecule has 2 amide bonds. The van der Waals surface area contributed by atoms with Gasteiger partial charge in [-0.1, -0.05) is 18.1 Å². The molecule has 0 aromatic heterocycles. The maximum Gasteiger partial charge on any atom is 0.244 e. The molecule has 1 aliphatic carbocycles. The third-order valence-corrected chi connectivity index (χ3v) is 7.69. The standard InChI is InChI=1S/C32H36FN3O4/c1-4-9-28-31(39)35-27(29(37)21-34-32(13-14-32)24-11-8-10-22(5-2)16-24)19-23-17-25(33)20-26(18-23)40-15-7-6-12-30(38)36(28)3/h1-2,8,10-11,16-18,20,27-29,34,37H,6-7,9,12-15,19,21H2,3H3,(H,35,39)/t27-,28-,29+/m0/s1. The second-order valence-electron chi connectivity index (χ2n) is 10.6. The number of benzene rings is 2. The number of terminal acetylenes is 2. The molecule has 2 aliphatic rings. The Morgan fingerprint density at radius 1 is 1.23 bits per heavy atom. The highest BCUT2D eigenvalue weighted by Crippen LogP contribution is 2.45. The summed E-state index contributed by atoms with van der Waals surface area (Å²) in [5.74, 6) is 4.36. The van der Waals surface area contributed by atoms with Gasteiger partial charge in [-0.15, -0.1) is 18.8 Å². The monoisotopic (exact) mass is 545 g/mol. The van der Waals surface area contributed by atoms with Crippen LogP contribution < -0.4 is 15.4 Å². The molecule has 3 N–H and O–H groups in total. The van der Waals surface area contributed by atoms with Crippen molar-refractivity contribution in [2.45, 2.75) is 68.7 Å². The highest BCUT2D eigenvalue weighted by molar-refractivity contribution is 5.88. The summed E-state index contributed by atoms with van der Waals surface area (Å²) >= 11 is 0. The first-order valence-corrected chi connectivity index (χ1v) is 13.7. The normalized spacial score (nSPS) is 22.0. The molecule has 1 heterocycles. The lowest BCUT2D eigenvalue weighted by Crippen LogP contribution is -2.55. The largest absolute Gasteiger partial charge is 0.493 e. The second-order valence-corrected chi connectivity index (χ2v) is 10.6. The predicted octanol–water partition coefficient (Wildman–Crippen LogP) is 2.89. The number of nitrogens with one attached hydrogen (secondary N) is 2. The molecule has 1 saturated carbocycles. The number of carbonyl (C=O) groups excluding carboxylic acids is 2. The van der Waals surface area contributed by atoms with Crippen molar-refractivity contribution in [2.24, 2.45) is 0 Å². The van der Waals surface area contributed by atoms with E-state index in [0.717, 1.165) is 24.0 Å². The van der Waals surface area contributed by atoms with E-state index in [9.17, 15) is 19.1 Å². The van der Waals surface area contributed by atoms with Gasteiger partial charge in [-0.3, -0.25) is 9.59 Å². The van der Waals surface area contributed by atoms with Crippen molar-refractivity contribution in [3.8, 4) is 30.4 Å². The van der Waals surface area contributed by atoms with E-state index < -0.39 is 29.9 Å². The third kappa shape index (κ3) is 7.21. The van der Waals surface area contributed by atoms with Gasteiger partial charge in [0.15, 0.2) is 0 Å². The van der Waals surface area contributed by atoms with Gasteiger partial charge in [-0.25, -0.2) is 4.39 Å². The molecule has 7 nitrogen and oxygen atoms in total. The van der Waals surface area contributed by atoms with Crippen molar-refractivity contribution in [1.82, 2.24) is 15.5 Å². The number of nitrogens with zero attached hydrogens (tertiary/aromatic N) is 1. The average Bonchev–Trinajstić information content (AvgIpc) is 3.74. The van der Waals surface area contributed by atoms with Crippen LogP contribution in [0.5, 0.6) is 5.75 Å². The molecule has 4 rings (SSSR count). The number of likely N-dealkylation sites (N-methyl/N-ethyl adjacent to an activating group) is 1. The van der Waals surface area contributed by atoms with Gasteiger partial charge in [0.05, 0.1) is 18.8 Å². The summed E-state index contributed by atoms with van der Waals surface area (Å²) in [6.45, 7) is 0.488. The van der Waals surface area contributed by atoms with E-state index >= 15 is 0 Å². The Morgan fingerprint density at radius 2 is 2.02 bits per heavy atom. The Kier molecular flexibility index (Phi) is 9.47. The van der Waals surface area contributed by atoms with Crippen molar-refractivity contribution in [3.05, 3.63) is 65.0 Å². The Labute approximate surface area is 235 Å². The van der Waals surface area contributed by atoms with Gasteiger partial charge in [0, 0.05) is 43.6 Å². The Balaban J connectivity index is 1.58. The van der Waals surface area contributed by atoms with Gasteiger partial charge in [0.2, 0.25) is 11.8 Å². The van der Waals surface area contributed by atoms with E-state index in [0.29, 0.717) is 30.8 Å². The summed E-state index contributed by atoms with van der Waals surface area (Å²) in [6.07, 6.45) is 13.4. The Hall–Kier alpha value is -3.85. The SMILES string of the molecule is C#CC[C@H]1C(=O)N[C@H]([C@H](O)CNC2(c3cccc(C#C)c3)CC2)Cc2cc(F)cc(c2)OCCCCC(=O)N1C. The van der Waals surface area contributed by atoms with Gasteiger partial charge in [0.25, 0.3) is 0 Å². The predicted molar refractivity (Wildman–Crippen MR) is 151 cm³/mol. The van der Waals surface area contributed by atoms with Crippen molar-refractivity contribution in [1.29, 1.82) is 0 Å². The zero-order valence-electron chi connectivity index (χ0n) is 22.8. The van der Waals surface area contributed by atoms with Crippen LogP contribution in [0.3, 0.4) is 0 Å². The minimum absolute atomic E-state index is 0.0248. The van der Waals surface area contributed by atoms with Gasteiger partial charge in [0.1, 0.15) is 17.6 Å². The first kappa shape index (κ1) is 29.1. The first-order chi connectivity index (χ1) is 19.2. The number of rotatable bonds is 6. The number of ether oxygens (including phenoxy) is 1. The van der Waals surface area contributed by atoms with Gasteiger partial charge < -0.3 is 25.4 Å². The van der Waals surface area contributed by atoms with Crippen LogP contribution in [-0.2, 0) is 21.5 Å². The number of aliphatic hydroxyl groups is 1. The molecular weight excluding hydrogens is 509 g/mol. The van der Waals surface area contributed by atoms with E-state index in [1.54, 1.807) is 13.1 Å².